The van der Waals surface area contributed by atoms with Crippen LogP contribution in [-0.2, 0) is 22.3 Å². The van der Waals surface area contributed by atoms with Crippen molar-refractivity contribution in [2.45, 2.75) is 38.2 Å². The number of fused-ring (bicyclic) bond motifs is 1. The molecule has 0 spiro atoms. The minimum Gasteiger partial charge on any atom is -0.376 e. The van der Waals surface area contributed by atoms with Gasteiger partial charge in [-0.3, -0.25) is 0 Å². The molecule has 0 saturated carbocycles. The molecule has 1 aliphatic heterocycles. The van der Waals surface area contributed by atoms with Crippen LogP contribution in [-0.4, -0.2) is 29.8 Å². The van der Waals surface area contributed by atoms with Crippen molar-refractivity contribution in [1.29, 1.82) is 0 Å². The van der Waals surface area contributed by atoms with Gasteiger partial charge in [-0.05, 0) is 25.7 Å². The van der Waals surface area contributed by atoms with Crippen molar-refractivity contribution in [3.05, 3.63) is 22.2 Å². The maximum absolute atomic E-state index is 6.29. The average molecular weight is 269 g/mol. The lowest BCUT2D eigenvalue weighted by atomic mass is 10.1. The fourth-order valence-corrected chi connectivity index (χ4v) is 2.81. The highest BCUT2D eigenvalue weighted by Gasteiger charge is 2.23. The molecule has 0 aromatic carbocycles. The highest BCUT2D eigenvalue weighted by molar-refractivity contribution is 6.30. The number of nitrogens with zero attached hydrogens (tertiary/aromatic N) is 2. The topological polar surface area (TPSA) is 44.2 Å². The van der Waals surface area contributed by atoms with Gasteiger partial charge in [0, 0.05) is 11.3 Å². The average Bonchev–Trinajstić information content (AvgIpc) is 2.65. The summed E-state index contributed by atoms with van der Waals surface area (Å²) >= 11 is 6.29. The Morgan fingerprint density at radius 2 is 1.94 bits per heavy atom. The zero-order valence-electron chi connectivity index (χ0n) is 10.3. The van der Waals surface area contributed by atoms with Gasteiger partial charge in [0.1, 0.15) is 11.3 Å². The lowest BCUT2D eigenvalue weighted by Gasteiger charge is -2.22. The molecule has 98 valence electrons. The van der Waals surface area contributed by atoms with Crippen LogP contribution in [0.25, 0.3) is 0 Å². The molecular weight excluding hydrogens is 252 g/mol. The van der Waals surface area contributed by atoms with Crippen molar-refractivity contribution in [2.24, 2.45) is 0 Å². The van der Waals surface area contributed by atoms with Crippen LogP contribution >= 0.6 is 11.6 Å². The molecule has 0 amide bonds. The van der Waals surface area contributed by atoms with Crippen LogP contribution in [0.5, 0.6) is 0 Å². The van der Waals surface area contributed by atoms with E-state index < -0.39 is 0 Å². The Bertz CT molecular complexity index is 433. The van der Waals surface area contributed by atoms with Gasteiger partial charge in [-0.2, -0.15) is 0 Å². The Morgan fingerprint density at radius 3 is 2.78 bits per heavy atom. The molecule has 1 fully saturated rings. The molecule has 0 N–H and O–H groups in total. The van der Waals surface area contributed by atoms with Gasteiger partial charge in [-0.15, -0.1) is 0 Å². The molecule has 1 aromatic heterocycles. The van der Waals surface area contributed by atoms with Crippen molar-refractivity contribution >= 4 is 11.6 Å². The largest absolute Gasteiger partial charge is 0.376 e. The SMILES string of the molecule is Clc1nc(C2COCCO2)nc2c1CCCCC2. The van der Waals surface area contributed by atoms with E-state index >= 15 is 0 Å². The van der Waals surface area contributed by atoms with Crippen molar-refractivity contribution in [2.75, 3.05) is 19.8 Å². The molecule has 1 aromatic rings. The summed E-state index contributed by atoms with van der Waals surface area (Å²) in [5, 5.41) is 0.603. The van der Waals surface area contributed by atoms with Crippen molar-refractivity contribution in [1.82, 2.24) is 9.97 Å². The van der Waals surface area contributed by atoms with E-state index in [1.54, 1.807) is 0 Å². The Morgan fingerprint density at radius 1 is 1.06 bits per heavy atom. The van der Waals surface area contributed by atoms with Gasteiger partial charge in [0.25, 0.3) is 0 Å². The van der Waals surface area contributed by atoms with Gasteiger partial charge in [0.2, 0.25) is 0 Å². The predicted molar refractivity (Wildman–Crippen MR) is 67.8 cm³/mol. The third-order valence-electron chi connectivity index (χ3n) is 3.50. The lowest BCUT2D eigenvalue weighted by molar-refractivity contribution is -0.0936. The van der Waals surface area contributed by atoms with E-state index in [9.17, 15) is 0 Å². The third kappa shape index (κ3) is 2.51. The maximum atomic E-state index is 6.29. The van der Waals surface area contributed by atoms with Crippen molar-refractivity contribution < 1.29 is 9.47 Å². The number of hydrogen-bond acceptors (Lipinski definition) is 4. The van der Waals surface area contributed by atoms with Crippen LogP contribution in [0.4, 0.5) is 0 Å². The second-order valence-electron chi connectivity index (χ2n) is 4.79. The Kier molecular flexibility index (Phi) is 3.77. The molecule has 1 unspecified atom stereocenters. The van der Waals surface area contributed by atoms with E-state index in [0.29, 0.717) is 30.8 Å². The van der Waals surface area contributed by atoms with Gasteiger partial charge in [0.15, 0.2) is 5.82 Å². The first-order valence-corrected chi connectivity index (χ1v) is 6.97. The predicted octanol–water partition coefficient (Wildman–Crippen LogP) is 2.49. The highest BCUT2D eigenvalue weighted by atomic mass is 35.5. The van der Waals surface area contributed by atoms with E-state index in [1.807, 2.05) is 0 Å². The molecule has 18 heavy (non-hydrogen) atoms. The summed E-state index contributed by atoms with van der Waals surface area (Å²) in [7, 11) is 0. The summed E-state index contributed by atoms with van der Waals surface area (Å²) in [6.45, 7) is 1.77. The number of aryl methyl sites for hydroxylation is 1. The fraction of sp³-hybridized carbons (Fsp3) is 0.692. The first kappa shape index (κ1) is 12.3. The summed E-state index contributed by atoms with van der Waals surface area (Å²) in [4.78, 5) is 9.06. The normalized spacial score (nSPS) is 24.4. The van der Waals surface area contributed by atoms with Gasteiger partial charge >= 0.3 is 0 Å². The molecule has 5 heteroatoms. The van der Waals surface area contributed by atoms with Gasteiger partial charge < -0.3 is 9.47 Å². The monoisotopic (exact) mass is 268 g/mol. The number of aromatic nitrogens is 2. The lowest BCUT2D eigenvalue weighted by Crippen LogP contribution is -2.24. The minimum absolute atomic E-state index is 0.162. The number of ether oxygens (including phenoxy) is 2. The number of halogens is 1. The van der Waals surface area contributed by atoms with Crippen LogP contribution in [0.3, 0.4) is 0 Å². The molecule has 3 rings (SSSR count). The van der Waals surface area contributed by atoms with Gasteiger partial charge in [0.05, 0.1) is 19.8 Å². The van der Waals surface area contributed by atoms with Crippen LogP contribution in [0.1, 0.15) is 42.4 Å². The smallest absolute Gasteiger partial charge is 0.161 e. The summed E-state index contributed by atoms with van der Waals surface area (Å²) in [6.07, 6.45) is 5.43. The number of hydrogen-bond donors (Lipinski definition) is 0. The molecular formula is C13H17ClN2O2. The van der Waals surface area contributed by atoms with Crippen molar-refractivity contribution in [3.63, 3.8) is 0 Å². The van der Waals surface area contributed by atoms with E-state index in [4.69, 9.17) is 21.1 Å². The Hall–Kier alpha value is -0.710. The van der Waals surface area contributed by atoms with Crippen LogP contribution < -0.4 is 0 Å². The standard InChI is InChI=1S/C13H17ClN2O2/c14-12-9-4-2-1-3-5-10(9)15-13(16-12)11-8-17-6-7-18-11/h11H,1-8H2. The summed E-state index contributed by atoms with van der Waals surface area (Å²) in [5.41, 5.74) is 2.24. The summed E-state index contributed by atoms with van der Waals surface area (Å²) in [6, 6.07) is 0. The molecule has 4 nitrogen and oxygen atoms in total. The zero-order valence-corrected chi connectivity index (χ0v) is 11.1. The fourth-order valence-electron chi connectivity index (χ4n) is 2.52. The molecule has 1 saturated heterocycles. The maximum Gasteiger partial charge on any atom is 0.161 e. The summed E-state index contributed by atoms with van der Waals surface area (Å²) < 4.78 is 11.0. The van der Waals surface area contributed by atoms with Crippen LogP contribution in [0, 0.1) is 0 Å². The molecule has 0 bridgehead atoms. The first-order chi connectivity index (χ1) is 8.84. The second-order valence-corrected chi connectivity index (χ2v) is 5.15. The zero-order chi connectivity index (χ0) is 12.4. The van der Waals surface area contributed by atoms with Gasteiger partial charge in [-0.1, -0.05) is 18.0 Å². The second kappa shape index (κ2) is 5.51. The highest BCUT2D eigenvalue weighted by Crippen LogP contribution is 2.27. The summed E-state index contributed by atoms with van der Waals surface area (Å²) in [5.74, 6) is 0.681. The Labute approximate surface area is 112 Å². The number of rotatable bonds is 1. The minimum atomic E-state index is -0.162. The first-order valence-electron chi connectivity index (χ1n) is 6.59. The molecule has 2 heterocycles. The van der Waals surface area contributed by atoms with E-state index in [0.717, 1.165) is 24.1 Å². The Balaban J connectivity index is 1.91. The van der Waals surface area contributed by atoms with Crippen LogP contribution in [0.2, 0.25) is 5.15 Å². The van der Waals surface area contributed by atoms with Crippen LogP contribution in [0.15, 0.2) is 0 Å². The third-order valence-corrected chi connectivity index (χ3v) is 3.82. The van der Waals surface area contributed by atoms with E-state index in [1.165, 1.54) is 19.3 Å². The molecule has 2 aliphatic rings. The quantitative estimate of drug-likeness (QED) is 0.580. The molecule has 1 aliphatic carbocycles. The molecule has 0 radical (unpaired) electrons. The molecule has 1 atom stereocenters. The van der Waals surface area contributed by atoms with E-state index in [-0.39, 0.29) is 6.10 Å². The van der Waals surface area contributed by atoms with E-state index in [2.05, 4.69) is 9.97 Å². The van der Waals surface area contributed by atoms with Crippen molar-refractivity contribution in [3.8, 4) is 0 Å². The van der Waals surface area contributed by atoms with Gasteiger partial charge in [-0.25, -0.2) is 9.97 Å².